The number of fused-ring (bicyclic) bond motifs is 1. The number of carbonyl (C=O) groups is 1. The van der Waals surface area contributed by atoms with Crippen molar-refractivity contribution in [1.29, 1.82) is 0 Å². The van der Waals surface area contributed by atoms with Gasteiger partial charge in [-0.05, 0) is 30.0 Å². The SMILES string of the molecule is C[C@@H]1CC(=O)C2=C(C1)Nc1ncnn1[C@@H]2c1cccc(Br)c1. The van der Waals surface area contributed by atoms with Crippen molar-refractivity contribution in [3.05, 3.63) is 51.9 Å². The predicted molar refractivity (Wildman–Crippen MR) is 86.4 cm³/mol. The van der Waals surface area contributed by atoms with Crippen LogP contribution in [0, 0.1) is 5.92 Å². The van der Waals surface area contributed by atoms with Crippen molar-refractivity contribution < 1.29 is 4.79 Å². The quantitative estimate of drug-likeness (QED) is 0.849. The molecule has 0 spiro atoms. The number of allylic oxidation sites excluding steroid dienone is 2. The predicted octanol–water partition coefficient (Wildman–Crippen LogP) is 3.31. The van der Waals surface area contributed by atoms with Gasteiger partial charge in [0.1, 0.15) is 12.4 Å². The number of anilines is 1. The summed E-state index contributed by atoms with van der Waals surface area (Å²) in [6.07, 6.45) is 2.99. The highest BCUT2D eigenvalue weighted by atomic mass is 79.9. The molecule has 1 aliphatic heterocycles. The fraction of sp³-hybridized carbons (Fsp3) is 0.312. The van der Waals surface area contributed by atoms with Crippen LogP contribution in [0.4, 0.5) is 5.95 Å². The second kappa shape index (κ2) is 5.05. The Balaban J connectivity index is 1.92. The number of nitrogens with one attached hydrogen (secondary N) is 1. The fourth-order valence-corrected chi connectivity index (χ4v) is 3.75. The van der Waals surface area contributed by atoms with Crippen LogP contribution in [0.3, 0.4) is 0 Å². The normalized spacial score (nSPS) is 23.8. The average molecular weight is 359 g/mol. The van der Waals surface area contributed by atoms with Gasteiger partial charge in [0, 0.05) is 22.2 Å². The Morgan fingerprint density at radius 2 is 2.23 bits per heavy atom. The minimum atomic E-state index is -0.203. The van der Waals surface area contributed by atoms with E-state index < -0.39 is 0 Å². The van der Waals surface area contributed by atoms with Gasteiger partial charge in [0.05, 0.1) is 0 Å². The lowest BCUT2D eigenvalue weighted by Gasteiger charge is -2.34. The van der Waals surface area contributed by atoms with Gasteiger partial charge in [-0.3, -0.25) is 4.79 Å². The smallest absolute Gasteiger partial charge is 0.226 e. The Bertz CT molecular complexity index is 795. The van der Waals surface area contributed by atoms with Crippen LogP contribution in [0.1, 0.15) is 31.4 Å². The molecule has 0 fully saturated rings. The lowest BCUT2D eigenvalue weighted by Crippen LogP contribution is -2.33. The molecule has 0 unspecified atom stereocenters. The van der Waals surface area contributed by atoms with Crippen LogP contribution in [0.5, 0.6) is 0 Å². The Kier molecular flexibility index (Phi) is 3.14. The van der Waals surface area contributed by atoms with Crippen LogP contribution in [-0.4, -0.2) is 20.5 Å². The number of nitrogens with zero attached hydrogens (tertiary/aromatic N) is 3. The molecule has 0 radical (unpaired) electrons. The first-order valence-corrected chi connectivity index (χ1v) is 8.11. The summed E-state index contributed by atoms with van der Waals surface area (Å²) in [6, 6.07) is 7.83. The van der Waals surface area contributed by atoms with E-state index in [1.54, 1.807) is 4.68 Å². The highest BCUT2D eigenvalue weighted by Gasteiger charge is 2.37. The molecule has 0 saturated heterocycles. The van der Waals surface area contributed by atoms with Gasteiger partial charge < -0.3 is 5.32 Å². The van der Waals surface area contributed by atoms with Crippen LogP contribution in [0.25, 0.3) is 0 Å². The van der Waals surface area contributed by atoms with E-state index in [1.807, 2.05) is 24.3 Å². The third-order valence-corrected chi connectivity index (χ3v) is 4.72. The fourth-order valence-electron chi connectivity index (χ4n) is 3.33. The van der Waals surface area contributed by atoms with Crippen LogP contribution in [-0.2, 0) is 4.79 Å². The summed E-state index contributed by atoms with van der Waals surface area (Å²) in [5, 5.41) is 7.62. The summed E-state index contributed by atoms with van der Waals surface area (Å²) in [4.78, 5) is 16.9. The topological polar surface area (TPSA) is 59.8 Å². The third-order valence-electron chi connectivity index (χ3n) is 4.23. The molecule has 5 nitrogen and oxygen atoms in total. The lowest BCUT2D eigenvalue weighted by molar-refractivity contribution is -0.117. The molecule has 1 N–H and O–H groups in total. The first-order chi connectivity index (χ1) is 10.6. The van der Waals surface area contributed by atoms with Crippen molar-refractivity contribution in [2.45, 2.75) is 25.8 Å². The van der Waals surface area contributed by atoms with Crippen molar-refractivity contribution in [1.82, 2.24) is 14.8 Å². The minimum absolute atomic E-state index is 0.201. The Morgan fingerprint density at radius 3 is 3.05 bits per heavy atom. The van der Waals surface area contributed by atoms with E-state index >= 15 is 0 Å². The summed E-state index contributed by atoms with van der Waals surface area (Å²) < 4.78 is 2.79. The Morgan fingerprint density at radius 1 is 1.36 bits per heavy atom. The van der Waals surface area contributed by atoms with E-state index in [4.69, 9.17) is 0 Å². The van der Waals surface area contributed by atoms with Crippen LogP contribution < -0.4 is 5.32 Å². The molecule has 1 aliphatic carbocycles. The first-order valence-electron chi connectivity index (χ1n) is 7.31. The Labute approximate surface area is 136 Å². The lowest BCUT2D eigenvalue weighted by atomic mass is 9.81. The number of carbonyl (C=O) groups excluding carboxylic acids is 1. The monoisotopic (exact) mass is 358 g/mol. The van der Waals surface area contributed by atoms with Crippen molar-refractivity contribution >= 4 is 27.7 Å². The van der Waals surface area contributed by atoms with Gasteiger partial charge >= 0.3 is 0 Å². The maximum Gasteiger partial charge on any atom is 0.226 e. The van der Waals surface area contributed by atoms with E-state index in [9.17, 15) is 4.79 Å². The maximum absolute atomic E-state index is 12.7. The highest BCUT2D eigenvalue weighted by molar-refractivity contribution is 9.10. The van der Waals surface area contributed by atoms with Gasteiger partial charge in [0.25, 0.3) is 0 Å². The molecule has 2 aromatic rings. The van der Waals surface area contributed by atoms with Gasteiger partial charge in [-0.25, -0.2) is 4.68 Å². The van der Waals surface area contributed by atoms with Gasteiger partial charge in [-0.15, -0.1) is 0 Å². The third kappa shape index (κ3) is 2.09. The molecule has 2 atom stereocenters. The molecule has 0 amide bonds. The summed E-state index contributed by atoms with van der Waals surface area (Å²) in [6.45, 7) is 2.11. The number of hydrogen-bond acceptors (Lipinski definition) is 4. The molecule has 1 aromatic heterocycles. The second-order valence-corrected chi connectivity index (χ2v) is 6.86. The number of benzene rings is 1. The van der Waals surface area contributed by atoms with E-state index in [-0.39, 0.29) is 11.8 Å². The molecule has 2 heterocycles. The summed E-state index contributed by atoms with van der Waals surface area (Å²) in [5.74, 6) is 1.26. The summed E-state index contributed by atoms with van der Waals surface area (Å²) in [5.41, 5.74) is 2.86. The van der Waals surface area contributed by atoms with Gasteiger partial charge in [-0.2, -0.15) is 10.1 Å². The molecule has 22 heavy (non-hydrogen) atoms. The van der Waals surface area contributed by atoms with Crippen LogP contribution >= 0.6 is 15.9 Å². The molecule has 2 aliphatic rings. The number of aromatic nitrogens is 3. The zero-order chi connectivity index (χ0) is 15.3. The highest BCUT2D eigenvalue weighted by Crippen LogP contribution is 2.41. The molecule has 0 saturated carbocycles. The second-order valence-electron chi connectivity index (χ2n) is 5.94. The molecule has 6 heteroatoms. The molecular weight excluding hydrogens is 344 g/mol. The number of Topliss-reactive ketones (excluding diaryl/α,β-unsaturated/α-hetero) is 1. The average Bonchev–Trinajstić information content (AvgIpc) is 2.92. The number of halogens is 1. The Hall–Kier alpha value is -1.95. The van der Waals surface area contributed by atoms with Crippen molar-refractivity contribution in [2.24, 2.45) is 5.92 Å². The van der Waals surface area contributed by atoms with E-state index in [1.165, 1.54) is 6.33 Å². The van der Waals surface area contributed by atoms with Gasteiger partial charge in [0.15, 0.2) is 5.78 Å². The zero-order valence-corrected chi connectivity index (χ0v) is 13.7. The molecule has 0 bridgehead atoms. The first kappa shape index (κ1) is 13.7. The van der Waals surface area contributed by atoms with Crippen molar-refractivity contribution in [3.8, 4) is 0 Å². The number of hydrogen-bond donors (Lipinski definition) is 1. The van der Waals surface area contributed by atoms with Crippen LogP contribution in [0.2, 0.25) is 0 Å². The zero-order valence-electron chi connectivity index (χ0n) is 12.1. The largest absolute Gasteiger partial charge is 0.328 e. The van der Waals surface area contributed by atoms with Gasteiger partial charge in [-0.1, -0.05) is 35.0 Å². The van der Waals surface area contributed by atoms with E-state index in [0.29, 0.717) is 18.3 Å². The minimum Gasteiger partial charge on any atom is -0.328 e. The van der Waals surface area contributed by atoms with E-state index in [2.05, 4.69) is 38.3 Å². The van der Waals surface area contributed by atoms with E-state index in [0.717, 1.165) is 27.7 Å². The summed E-state index contributed by atoms with van der Waals surface area (Å²) in [7, 11) is 0. The van der Waals surface area contributed by atoms with Crippen LogP contribution in [0.15, 0.2) is 46.3 Å². The van der Waals surface area contributed by atoms with Crippen molar-refractivity contribution in [2.75, 3.05) is 5.32 Å². The summed E-state index contributed by atoms with van der Waals surface area (Å²) >= 11 is 3.51. The number of rotatable bonds is 1. The number of ketones is 1. The standard InChI is InChI=1S/C16H15BrN4O/c1-9-5-12-14(13(22)6-9)15(10-3-2-4-11(17)7-10)21-16(20-12)18-8-19-21/h2-4,7-9,15H,5-6H2,1H3,(H,18,19,20)/t9-,15+/m0/s1. The molecule has 112 valence electrons. The van der Waals surface area contributed by atoms with Gasteiger partial charge in [0.2, 0.25) is 5.95 Å². The molecule has 1 aromatic carbocycles. The van der Waals surface area contributed by atoms with Crippen molar-refractivity contribution in [3.63, 3.8) is 0 Å². The molecular formula is C16H15BrN4O. The molecule has 4 rings (SSSR count). The maximum atomic E-state index is 12.7.